The number of hydrogen-bond donors (Lipinski definition) is 20. The minimum Gasteiger partial charge on any atom is -0.394 e. The number of nitrogens with two attached hydrogens (primary N) is 4. The second kappa shape index (κ2) is 35.6. The summed E-state index contributed by atoms with van der Waals surface area (Å²) in [5, 5.41) is 71.1. The molecule has 514 valence electrons. The molecule has 0 aromatic heterocycles. The third-order valence-corrected chi connectivity index (χ3v) is 16.9. The Morgan fingerprint density at radius 1 is 0.717 bits per heavy atom. The van der Waals surface area contributed by atoms with E-state index in [4.69, 9.17) is 22.9 Å². The van der Waals surface area contributed by atoms with Crippen LogP contribution < -0.4 is 86.3 Å². The number of primary amides is 3. The SMILES string of the molecule is CC(NC(=O)C(CO)NC(=O)C1CCN=C(C(CCC(N)=O)NC(=O)C(CC(N)=O)N(O)C(=O)CNC(=O)CNC(=O)C(CCCCN)NC(=O)C(C)NC(=O)C2CCNC3C(NC(=O)CCC(N)=O)CC4CC(O)C(O)CC4[NH+]23)N1)C(=O)NC1CCCN(C)C1=O. The van der Waals surface area contributed by atoms with E-state index in [0.29, 0.717) is 50.1 Å². The molecular weight excluding hydrogens is 1210 g/mol. The molecule has 4 aliphatic heterocycles. The van der Waals surface area contributed by atoms with Crippen LogP contribution in [0.4, 0.5) is 0 Å². The van der Waals surface area contributed by atoms with Crippen molar-refractivity contribution in [2.45, 2.75) is 195 Å². The lowest BCUT2D eigenvalue weighted by Crippen LogP contribution is -3.29. The van der Waals surface area contributed by atoms with Gasteiger partial charge in [-0.2, -0.15) is 0 Å². The summed E-state index contributed by atoms with van der Waals surface area (Å²) in [6, 6.07) is -12.4. The maximum atomic E-state index is 14.2. The molecule has 0 aromatic rings. The van der Waals surface area contributed by atoms with Crippen molar-refractivity contribution in [3.63, 3.8) is 0 Å². The van der Waals surface area contributed by atoms with Crippen molar-refractivity contribution in [2.75, 3.05) is 52.9 Å². The molecule has 16 unspecified atom stereocenters. The van der Waals surface area contributed by atoms with Crippen LogP contribution in [0.3, 0.4) is 0 Å². The van der Waals surface area contributed by atoms with Gasteiger partial charge >= 0.3 is 0 Å². The molecule has 37 nitrogen and oxygen atoms in total. The lowest BCUT2D eigenvalue weighted by Gasteiger charge is -2.54. The van der Waals surface area contributed by atoms with Gasteiger partial charge in [-0.3, -0.25) is 82.6 Å². The molecule has 0 spiro atoms. The van der Waals surface area contributed by atoms with E-state index >= 15 is 0 Å². The van der Waals surface area contributed by atoms with E-state index in [-0.39, 0.29) is 93.2 Å². The van der Waals surface area contributed by atoms with Gasteiger partial charge in [-0.25, -0.2) is 5.06 Å². The number of aliphatic hydroxyl groups excluding tert-OH is 3. The Hall–Kier alpha value is -8.23. The number of carbonyl (C=O) groups is 14. The molecule has 0 radical (unpaired) electrons. The van der Waals surface area contributed by atoms with Crippen LogP contribution >= 0.6 is 0 Å². The van der Waals surface area contributed by atoms with Crippen molar-refractivity contribution in [3.8, 4) is 0 Å². The number of rotatable bonds is 33. The molecule has 14 amide bonds. The Bertz CT molecular complexity index is 2740. The normalized spacial score (nSPS) is 25.4. The predicted octanol–water partition coefficient (Wildman–Crippen LogP) is -11.7. The van der Waals surface area contributed by atoms with Gasteiger partial charge in [-0.05, 0) is 78.2 Å². The average molecular weight is 1310 g/mol. The monoisotopic (exact) mass is 1310 g/mol. The number of hydroxylamine groups is 2. The van der Waals surface area contributed by atoms with E-state index in [9.17, 15) is 87.7 Å². The van der Waals surface area contributed by atoms with Crippen LogP contribution in [0.5, 0.6) is 0 Å². The van der Waals surface area contributed by atoms with E-state index in [1.165, 1.54) is 18.7 Å². The van der Waals surface area contributed by atoms with Crippen molar-refractivity contribution < 1.29 is 92.6 Å². The number of amidine groups is 1. The highest BCUT2D eigenvalue weighted by Crippen LogP contribution is 2.32. The highest BCUT2D eigenvalue weighted by atomic mass is 16.5. The van der Waals surface area contributed by atoms with E-state index in [0.717, 1.165) is 0 Å². The molecule has 37 heteroatoms. The second-order valence-electron chi connectivity index (χ2n) is 23.9. The number of aliphatic hydroxyl groups is 3. The number of hydrogen-bond acceptors (Lipinski definition) is 22. The van der Waals surface area contributed by atoms with Crippen LogP contribution in [-0.4, -0.2) is 257 Å². The number of quaternary nitrogens is 1. The Balaban J connectivity index is 1.15. The van der Waals surface area contributed by atoms with Crippen molar-refractivity contribution in [2.24, 2.45) is 33.8 Å². The number of unbranched alkanes of at least 4 members (excludes halogenated alkanes) is 1. The molecule has 1 aliphatic carbocycles. The topological polar surface area (TPSA) is 580 Å². The molecule has 4 fully saturated rings. The van der Waals surface area contributed by atoms with E-state index in [1.54, 1.807) is 7.05 Å². The summed E-state index contributed by atoms with van der Waals surface area (Å²) in [6.45, 7) is 1.02. The summed E-state index contributed by atoms with van der Waals surface area (Å²) in [5.41, 5.74) is 21.7. The number of piperidine rings is 2. The first-order valence-corrected chi connectivity index (χ1v) is 30.9. The first-order valence-electron chi connectivity index (χ1n) is 30.9. The minimum atomic E-state index is -2.08. The van der Waals surface area contributed by atoms with Crippen LogP contribution in [0, 0.1) is 5.92 Å². The Kier molecular flexibility index (Phi) is 28.8. The molecule has 5 rings (SSSR count). The predicted molar refractivity (Wildman–Crippen MR) is 319 cm³/mol. The van der Waals surface area contributed by atoms with Crippen LogP contribution in [0.25, 0.3) is 0 Å². The molecular formula is C55H92N19O18+. The van der Waals surface area contributed by atoms with Crippen molar-refractivity contribution >= 4 is 88.5 Å². The van der Waals surface area contributed by atoms with Crippen molar-refractivity contribution in [1.82, 2.24) is 68.4 Å². The zero-order valence-corrected chi connectivity index (χ0v) is 51.9. The van der Waals surface area contributed by atoms with Gasteiger partial charge in [0.1, 0.15) is 48.1 Å². The molecule has 5 aliphatic rings. The molecule has 0 aromatic carbocycles. The first kappa shape index (κ1) is 74.5. The summed E-state index contributed by atoms with van der Waals surface area (Å²) in [6.07, 6.45) is -1.78. The summed E-state index contributed by atoms with van der Waals surface area (Å²) >= 11 is 0. The number of likely N-dealkylation sites (tertiary alicyclic amines) is 1. The van der Waals surface area contributed by atoms with Crippen LogP contribution in [0.2, 0.25) is 0 Å². The molecule has 4 heterocycles. The lowest BCUT2D eigenvalue weighted by molar-refractivity contribution is -0.983. The summed E-state index contributed by atoms with van der Waals surface area (Å²) in [7, 11) is 1.59. The minimum absolute atomic E-state index is 0.000419. The number of fused-ring (bicyclic) bond motifs is 3. The fraction of sp³-hybridized carbons (Fsp3) is 0.727. The van der Waals surface area contributed by atoms with Crippen molar-refractivity contribution in [3.05, 3.63) is 0 Å². The smallest absolute Gasteiger partial charge is 0.279 e. The average Bonchev–Trinajstić information content (AvgIpc) is 0.753. The maximum Gasteiger partial charge on any atom is 0.279 e. The molecule has 1 saturated carbocycles. The van der Waals surface area contributed by atoms with Crippen LogP contribution in [-0.2, 0) is 67.1 Å². The number of aliphatic imine (C=N–C) groups is 1. The van der Waals surface area contributed by atoms with Gasteiger partial charge in [0.2, 0.25) is 70.9 Å². The van der Waals surface area contributed by atoms with Crippen LogP contribution in [0.15, 0.2) is 4.99 Å². The van der Waals surface area contributed by atoms with Gasteiger partial charge in [-0.15, -0.1) is 0 Å². The lowest BCUT2D eigenvalue weighted by atomic mass is 9.72. The largest absolute Gasteiger partial charge is 0.394 e. The summed E-state index contributed by atoms with van der Waals surface area (Å²) in [4.78, 5) is 189. The number of nitrogens with zero attached hydrogens (tertiary/aromatic N) is 3. The third-order valence-electron chi connectivity index (χ3n) is 16.9. The maximum absolute atomic E-state index is 14.2. The highest BCUT2D eigenvalue weighted by Gasteiger charge is 2.56. The van der Waals surface area contributed by atoms with Gasteiger partial charge in [0.25, 0.3) is 11.8 Å². The molecule has 24 N–H and O–H groups in total. The fourth-order valence-electron chi connectivity index (χ4n) is 11.9. The van der Waals surface area contributed by atoms with Gasteiger partial charge in [-0.1, -0.05) is 0 Å². The molecule has 0 bridgehead atoms. The van der Waals surface area contributed by atoms with Gasteiger partial charge in [0.15, 0.2) is 12.2 Å². The van der Waals surface area contributed by atoms with Crippen molar-refractivity contribution in [1.29, 1.82) is 0 Å². The fourth-order valence-corrected chi connectivity index (χ4v) is 11.9. The quantitative estimate of drug-likeness (QED) is 0.0165. The summed E-state index contributed by atoms with van der Waals surface area (Å²) < 4.78 is 0. The van der Waals surface area contributed by atoms with Gasteiger partial charge in [0.05, 0.1) is 56.5 Å². The zero-order valence-electron chi connectivity index (χ0n) is 51.9. The molecule has 92 heavy (non-hydrogen) atoms. The highest BCUT2D eigenvalue weighted by molar-refractivity contribution is 6.00. The summed E-state index contributed by atoms with van der Waals surface area (Å²) in [5.74, 6) is -12.0. The zero-order chi connectivity index (χ0) is 68.1. The Morgan fingerprint density at radius 3 is 2.09 bits per heavy atom. The van der Waals surface area contributed by atoms with E-state index in [1.807, 2.05) is 0 Å². The second-order valence-corrected chi connectivity index (χ2v) is 23.9. The molecule has 3 saturated heterocycles. The Labute approximate surface area is 529 Å². The number of nitrogens with one attached hydrogen (secondary N) is 12. The number of carbonyl (C=O) groups excluding carboxylic acids is 14. The van der Waals surface area contributed by atoms with Crippen LogP contribution in [0.1, 0.15) is 110 Å². The van der Waals surface area contributed by atoms with Gasteiger partial charge in [0, 0.05) is 64.7 Å². The third kappa shape index (κ3) is 21.7. The number of amides is 14. The van der Waals surface area contributed by atoms with E-state index in [2.05, 4.69) is 63.5 Å². The molecule has 16 atom stereocenters. The Morgan fingerprint density at radius 2 is 1.41 bits per heavy atom. The number of likely N-dealkylation sites (N-methyl/N-ethyl adjacent to an activating group) is 1. The van der Waals surface area contributed by atoms with E-state index < -0.39 is 188 Å². The van der Waals surface area contributed by atoms with Gasteiger partial charge < -0.3 is 101 Å². The first-order chi connectivity index (χ1) is 43.5. The standard InChI is InChI=1S/C55H91N19O18/c1-26(49(85)70-32-8-6-18-72(3)55(32)91)64-52(88)34(25-75)71-51(87)31-13-16-60-46(67-31)29(9-10-40(57)78)68-54(90)37(22-42(59)80)74(92)45(83)24-62-44(82)23-63-50(86)30(7-4-5-15-56)69-48(84)27(2)65-53(89)35-14-17-61-47-33(66-43(81)12-11-41(58)79)19-28-20-38(76)39(77)21-36(28)73(35)47/h26-39,47,61,75-77,92H,4-25,56H2,1-3H3,(H2,57,78)(H2,58,79)(H2,59,80)(H,60,67)(H,62,82)(H,63,86)(H,64,88)(H,65,89)(H,66,81)(H,68,90)(H,69,84)(H,70,85)(H,71,87)/p+1.